The minimum absolute atomic E-state index is 0.166. The van der Waals surface area contributed by atoms with Crippen LogP contribution in [0.4, 0.5) is 0 Å². The molecule has 0 aromatic rings. The van der Waals surface area contributed by atoms with Crippen molar-refractivity contribution in [1.29, 1.82) is 0 Å². The Morgan fingerprint density at radius 3 is 2.79 bits per heavy atom. The second-order valence-electron chi connectivity index (χ2n) is 4.33. The lowest BCUT2D eigenvalue weighted by Crippen LogP contribution is -2.38. The summed E-state index contributed by atoms with van der Waals surface area (Å²) in [5.41, 5.74) is 5.92. The molecule has 2 atom stereocenters. The zero-order valence-corrected chi connectivity index (χ0v) is 9.33. The predicted octanol–water partition coefficient (Wildman–Crippen LogP) is 1.37. The van der Waals surface area contributed by atoms with Gasteiger partial charge in [-0.3, -0.25) is 4.79 Å². The van der Waals surface area contributed by atoms with Crippen molar-refractivity contribution >= 4 is 5.91 Å². The molecule has 2 unspecified atom stereocenters. The molecule has 1 rings (SSSR count). The first kappa shape index (κ1) is 11.5. The molecule has 1 aliphatic rings. The van der Waals surface area contributed by atoms with Crippen molar-refractivity contribution in [3.8, 4) is 0 Å². The lowest BCUT2D eigenvalue weighted by Gasteiger charge is -2.20. The highest BCUT2D eigenvalue weighted by atomic mass is 16.2. The van der Waals surface area contributed by atoms with Gasteiger partial charge in [-0.1, -0.05) is 26.7 Å². The fourth-order valence-electron chi connectivity index (χ4n) is 2.05. The monoisotopic (exact) mass is 198 g/mol. The van der Waals surface area contributed by atoms with Gasteiger partial charge >= 0.3 is 0 Å². The molecular formula is C11H22N2O. The van der Waals surface area contributed by atoms with Crippen molar-refractivity contribution in [2.75, 3.05) is 13.1 Å². The topological polar surface area (TPSA) is 46.3 Å². The third-order valence-electron chi connectivity index (χ3n) is 2.99. The quantitative estimate of drug-likeness (QED) is 0.725. The molecule has 0 spiro atoms. The van der Waals surface area contributed by atoms with Crippen LogP contribution < -0.4 is 5.73 Å². The highest BCUT2D eigenvalue weighted by Gasteiger charge is 2.28. The maximum absolute atomic E-state index is 11.6. The van der Waals surface area contributed by atoms with Crippen LogP contribution in [0.5, 0.6) is 0 Å². The molecule has 0 radical (unpaired) electrons. The van der Waals surface area contributed by atoms with E-state index in [-0.39, 0.29) is 6.04 Å². The molecule has 1 fully saturated rings. The van der Waals surface area contributed by atoms with E-state index >= 15 is 0 Å². The zero-order chi connectivity index (χ0) is 10.6. The Bertz CT molecular complexity index is 194. The Morgan fingerprint density at radius 2 is 2.29 bits per heavy atom. The number of nitrogens with zero attached hydrogens (tertiary/aromatic N) is 1. The molecule has 3 heteroatoms. The summed E-state index contributed by atoms with van der Waals surface area (Å²) in [5.74, 6) is 0.861. The number of likely N-dealkylation sites (tertiary alicyclic amines) is 1. The fraction of sp³-hybridized carbons (Fsp3) is 0.909. The molecule has 1 saturated heterocycles. The van der Waals surface area contributed by atoms with E-state index in [1.807, 2.05) is 4.90 Å². The molecule has 0 aromatic heterocycles. The molecule has 1 amide bonds. The van der Waals surface area contributed by atoms with E-state index in [1.54, 1.807) is 0 Å². The first-order valence-corrected chi connectivity index (χ1v) is 5.70. The average molecular weight is 198 g/mol. The van der Waals surface area contributed by atoms with Crippen molar-refractivity contribution in [2.45, 2.75) is 45.6 Å². The molecule has 0 bridgehead atoms. The van der Waals surface area contributed by atoms with Crippen LogP contribution in [-0.2, 0) is 4.79 Å². The highest BCUT2D eigenvalue weighted by Crippen LogP contribution is 2.20. The lowest BCUT2D eigenvalue weighted by atomic mass is 10.1. The van der Waals surface area contributed by atoms with E-state index < -0.39 is 0 Å². The number of hydrogen-bond acceptors (Lipinski definition) is 2. The summed E-state index contributed by atoms with van der Waals surface area (Å²) >= 11 is 0. The average Bonchev–Trinajstić information content (AvgIpc) is 2.48. The zero-order valence-electron chi connectivity index (χ0n) is 9.33. The summed E-state index contributed by atoms with van der Waals surface area (Å²) in [6.45, 7) is 5.95. The molecule has 3 nitrogen and oxygen atoms in total. The van der Waals surface area contributed by atoms with E-state index in [4.69, 9.17) is 5.73 Å². The molecule has 0 saturated carbocycles. The van der Waals surface area contributed by atoms with Crippen LogP contribution in [0, 0.1) is 5.92 Å². The largest absolute Gasteiger partial charge is 0.341 e. The molecule has 2 N–H and O–H groups in total. The maximum atomic E-state index is 11.6. The van der Waals surface area contributed by atoms with Crippen molar-refractivity contribution in [3.63, 3.8) is 0 Å². The first-order chi connectivity index (χ1) is 6.67. The van der Waals surface area contributed by atoms with Gasteiger partial charge in [-0.25, -0.2) is 0 Å². The Kier molecular flexibility index (Phi) is 4.39. The van der Waals surface area contributed by atoms with Crippen LogP contribution in [0.2, 0.25) is 0 Å². The van der Waals surface area contributed by atoms with Crippen LogP contribution in [0.25, 0.3) is 0 Å². The van der Waals surface area contributed by atoms with Crippen molar-refractivity contribution in [3.05, 3.63) is 0 Å². The third-order valence-corrected chi connectivity index (χ3v) is 2.99. The summed E-state index contributed by atoms with van der Waals surface area (Å²) in [6, 6.07) is 0.166. The van der Waals surface area contributed by atoms with Gasteiger partial charge in [0.25, 0.3) is 0 Å². The van der Waals surface area contributed by atoms with Gasteiger partial charge in [-0.05, 0) is 12.3 Å². The predicted molar refractivity (Wildman–Crippen MR) is 57.9 cm³/mol. The SMILES string of the molecule is CCCC(N)CN1CC(CC)CC1=O. The number of amides is 1. The number of carbonyl (C=O) groups excluding carboxylic acids is 1. The smallest absolute Gasteiger partial charge is 0.222 e. The van der Waals surface area contributed by atoms with Crippen LogP contribution in [0.15, 0.2) is 0 Å². The van der Waals surface area contributed by atoms with E-state index in [0.29, 0.717) is 11.8 Å². The minimum Gasteiger partial charge on any atom is -0.341 e. The second kappa shape index (κ2) is 5.35. The van der Waals surface area contributed by atoms with Gasteiger partial charge in [0.05, 0.1) is 0 Å². The summed E-state index contributed by atoms with van der Waals surface area (Å²) in [4.78, 5) is 13.5. The van der Waals surface area contributed by atoms with E-state index in [2.05, 4.69) is 13.8 Å². The number of nitrogens with two attached hydrogens (primary N) is 1. The summed E-state index contributed by atoms with van der Waals surface area (Å²) in [6.07, 6.45) is 3.95. The highest BCUT2D eigenvalue weighted by molar-refractivity contribution is 5.78. The normalized spacial score (nSPS) is 24.4. The van der Waals surface area contributed by atoms with Crippen LogP contribution in [0.3, 0.4) is 0 Å². The Balaban J connectivity index is 2.34. The molecule has 0 aliphatic carbocycles. The van der Waals surface area contributed by atoms with Crippen molar-refractivity contribution in [1.82, 2.24) is 4.90 Å². The summed E-state index contributed by atoms with van der Waals surface area (Å²) in [5, 5.41) is 0. The Labute approximate surface area is 86.6 Å². The first-order valence-electron chi connectivity index (χ1n) is 5.70. The third kappa shape index (κ3) is 2.98. The van der Waals surface area contributed by atoms with Gasteiger partial charge < -0.3 is 10.6 Å². The van der Waals surface area contributed by atoms with Crippen LogP contribution >= 0.6 is 0 Å². The Hall–Kier alpha value is -0.570. The van der Waals surface area contributed by atoms with E-state index in [0.717, 1.165) is 38.8 Å². The summed E-state index contributed by atoms with van der Waals surface area (Å²) < 4.78 is 0. The fourth-order valence-corrected chi connectivity index (χ4v) is 2.05. The Morgan fingerprint density at radius 1 is 1.57 bits per heavy atom. The molecule has 0 aromatic carbocycles. The molecular weight excluding hydrogens is 176 g/mol. The minimum atomic E-state index is 0.166. The van der Waals surface area contributed by atoms with Gasteiger partial charge in [-0.2, -0.15) is 0 Å². The molecule has 1 heterocycles. The number of rotatable bonds is 5. The van der Waals surface area contributed by atoms with E-state index in [9.17, 15) is 4.79 Å². The van der Waals surface area contributed by atoms with Gasteiger partial charge in [0, 0.05) is 25.6 Å². The van der Waals surface area contributed by atoms with Crippen LogP contribution in [0.1, 0.15) is 39.5 Å². The van der Waals surface area contributed by atoms with Gasteiger partial charge in [0.1, 0.15) is 0 Å². The molecule has 1 aliphatic heterocycles. The van der Waals surface area contributed by atoms with Gasteiger partial charge in [0.15, 0.2) is 0 Å². The lowest BCUT2D eigenvalue weighted by molar-refractivity contribution is -0.127. The van der Waals surface area contributed by atoms with E-state index in [1.165, 1.54) is 0 Å². The molecule has 14 heavy (non-hydrogen) atoms. The van der Waals surface area contributed by atoms with Gasteiger partial charge in [-0.15, -0.1) is 0 Å². The van der Waals surface area contributed by atoms with Crippen molar-refractivity contribution in [2.24, 2.45) is 11.7 Å². The second-order valence-corrected chi connectivity index (χ2v) is 4.33. The van der Waals surface area contributed by atoms with Crippen LogP contribution in [-0.4, -0.2) is 29.9 Å². The van der Waals surface area contributed by atoms with Crippen molar-refractivity contribution < 1.29 is 4.79 Å². The standard InChI is InChI=1S/C11H22N2O/c1-3-5-10(12)8-13-7-9(4-2)6-11(13)14/h9-10H,3-8,12H2,1-2H3. The molecule has 82 valence electrons. The maximum Gasteiger partial charge on any atom is 0.222 e. The summed E-state index contributed by atoms with van der Waals surface area (Å²) in [7, 11) is 0. The van der Waals surface area contributed by atoms with Gasteiger partial charge in [0.2, 0.25) is 5.91 Å². The number of carbonyl (C=O) groups is 1. The number of hydrogen-bond donors (Lipinski definition) is 1.